The third kappa shape index (κ3) is 5.61. The van der Waals surface area contributed by atoms with Crippen LogP contribution in [0.4, 0.5) is 15.2 Å². The Kier molecular flexibility index (Phi) is 7.44. The van der Waals surface area contributed by atoms with Crippen molar-refractivity contribution >= 4 is 63.1 Å². The van der Waals surface area contributed by atoms with Crippen LogP contribution in [-0.4, -0.2) is 28.7 Å². The maximum atomic E-state index is 14.4. The third-order valence-corrected chi connectivity index (χ3v) is 5.81. The summed E-state index contributed by atoms with van der Waals surface area (Å²) in [6.07, 6.45) is 0. The first kappa shape index (κ1) is 23.6. The van der Waals surface area contributed by atoms with Crippen LogP contribution < -0.4 is 16.0 Å². The molecule has 3 N–H and O–H groups in total. The number of aromatic nitrogens is 1. The van der Waals surface area contributed by atoms with Crippen LogP contribution in [0, 0.1) is 5.82 Å². The fourth-order valence-corrected chi connectivity index (χ4v) is 3.79. The van der Waals surface area contributed by atoms with Gasteiger partial charge in [-0.1, -0.05) is 29.3 Å². The van der Waals surface area contributed by atoms with Crippen molar-refractivity contribution in [2.75, 3.05) is 10.6 Å². The molecule has 0 fully saturated rings. The molecule has 7 nitrogen and oxygen atoms in total. The van der Waals surface area contributed by atoms with Crippen LogP contribution in [0.15, 0.2) is 41.8 Å². The Balaban J connectivity index is 1.66. The van der Waals surface area contributed by atoms with Crippen molar-refractivity contribution in [3.63, 3.8) is 0 Å². The minimum Gasteiger partial charge on any atom is -0.340 e. The Bertz CT molecular complexity index is 1200. The molecule has 2 aromatic carbocycles. The lowest BCUT2D eigenvalue weighted by Gasteiger charge is -2.14. The highest BCUT2D eigenvalue weighted by molar-refractivity contribution is 7.14. The summed E-state index contributed by atoms with van der Waals surface area (Å²) >= 11 is 13.1. The van der Waals surface area contributed by atoms with Crippen LogP contribution in [0.25, 0.3) is 11.3 Å². The van der Waals surface area contributed by atoms with Crippen LogP contribution in [0.1, 0.15) is 24.2 Å². The number of carbonyl (C=O) groups is 3. The zero-order valence-electron chi connectivity index (χ0n) is 16.8. The number of thiazole rings is 1. The molecule has 11 heteroatoms. The third-order valence-electron chi connectivity index (χ3n) is 4.24. The number of anilines is 2. The van der Waals surface area contributed by atoms with Crippen molar-refractivity contribution in [2.45, 2.75) is 19.9 Å². The molecule has 0 aliphatic heterocycles. The molecule has 0 radical (unpaired) electrons. The first-order valence-electron chi connectivity index (χ1n) is 9.24. The molecule has 32 heavy (non-hydrogen) atoms. The van der Waals surface area contributed by atoms with Crippen LogP contribution in [0.2, 0.25) is 10.0 Å². The molecule has 0 saturated carbocycles. The van der Waals surface area contributed by atoms with Gasteiger partial charge in [0.05, 0.1) is 21.3 Å². The number of nitrogens with one attached hydrogen (secondary N) is 3. The van der Waals surface area contributed by atoms with E-state index in [2.05, 4.69) is 20.9 Å². The summed E-state index contributed by atoms with van der Waals surface area (Å²) in [5.74, 6) is -1.95. The molecule has 1 unspecified atom stereocenters. The van der Waals surface area contributed by atoms with E-state index in [9.17, 15) is 18.8 Å². The highest BCUT2D eigenvalue weighted by atomic mass is 35.5. The zero-order chi connectivity index (χ0) is 23.4. The standard InChI is InChI=1S/C21H17Cl2FN4O3S/c1-10(25-20(31)14-4-3-5-15(22)18(14)23)19(30)28-21-27-17(9-32-21)13-7-6-12(8-16(13)24)26-11(2)29/h3-10H,1-2H3,(H,25,31)(H,26,29)(H,27,28,30). The van der Waals surface area contributed by atoms with Crippen LogP contribution in [-0.2, 0) is 9.59 Å². The summed E-state index contributed by atoms with van der Waals surface area (Å²) in [7, 11) is 0. The van der Waals surface area contributed by atoms with Gasteiger partial charge in [0, 0.05) is 23.6 Å². The van der Waals surface area contributed by atoms with Gasteiger partial charge in [-0.3, -0.25) is 14.4 Å². The summed E-state index contributed by atoms with van der Waals surface area (Å²) in [4.78, 5) is 40.2. The molecular weight excluding hydrogens is 478 g/mol. The Morgan fingerprint density at radius 3 is 2.56 bits per heavy atom. The summed E-state index contributed by atoms with van der Waals surface area (Å²) in [5.41, 5.74) is 1.01. The maximum Gasteiger partial charge on any atom is 0.253 e. The number of halogens is 3. The first-order valence-corrected chi connectivity index (χ1v) is 10.9. The Morgan fingerprint density at radius 1 is 1.12 bits per heavy atom. The fraction of sp³-hybridized carbons (Fsp3) is 0.143. The van der Waals surface area contributed by atoms with E-state index in [0.29, 0.717) is 11.4 Å². The molecule has 3 amide bonds. The molecule has 3 aromatic rings. The molecule has 0 spiro atoms. The van der Waals surface area contributed by atoms with Gasteiger partial charge in [-0.05, 0) is 37.3 Å². The van der Waals surface area contributed by atoms with Gasteiger partial charge in [0.15, 0.2) is 5.13 Å². The second-order valence-electron chi connectivity index (χ2n) is 6.70. The summed E-state index contributed by atoms with van der Waals surface area (Å²) in [5, 5.41) is 9.76. The molecule has 0 saturated heterocycles. The van der Waals surface area contributed by atoms with Crippen molar-refractivity contribution < 1.29 is 18.8 Å². The van der Waals surface area contributed by atoms with Gasteiger partial charge < -0.3 is 16.0 Å². The number of benzene rings is 2. The normalized spacial score (nSPS) is 11.5. The van der Waals surface area contributed by atoms with E-state index in [-0.39, 0.29) is 32.2 Å². The smallest absolute Gasteiger partial charge is 0.253 e. The van der Waals surface area contributed by atoms with E-state index in [1.165, 1.54) is 32.0 Å². The van der Waals surface area contributed by atoms with Crippen molar-refractivity contribution in [3.8, 4) is 11.3 Å². The summed E-state index contributed by atoms with van der Waals surface area (Å²) < 4.78 is 14.4. The molecular formula is C21H17Cl2FN4O3S. The average molecular weight is 495 g/mol. The van der Waals surface area contributed by atoms with Crippen LogP contribution in [0.3, 0.4) is 0 Å². The van der Waals surface area contributed by atoms with Crippen molar-refractivity contribution in [3.05, 3.63) is 63.2 Å². The lowest BCUT2D eigenvalue weighted by Crippen LogP contribution is -2.41. The number of hydrogen-bond donors (Lipinski definition) is 3. The molecule has 1 heterocycles. The molecule has 0 aliphatic rings. The fourth-order valence-electron chi connectivity index (χ4n) is 2.69. The van der Waals surface area contributed by atoms with Gasteiger partial charge in [-0.15, -0.1) is 11.3 Å². The largest absolute Gasteiger partial charge is 0.340 e. The lowest BCUT2D eigenvalue weighted by molar-refractivity contribution is -0.117. The second-order valence-corrected chi connectivity index (χ2v) is 8.34. The molecule has 1 atom stereocenters. The number of amides is 3. The summed E-state index contributed by atoms with van der Waals surface area (Å²) in [6, 6.07) is 7.94. The van der Waals surface area contributed by atoms with Crippen LogP contribution in [0.5, 0.6) is 0 Å². The number of carbonyl (C=O) groups excluding carboxylic acids is 3. The quantitative estimate of drug-likeness (QED) is 0.450. The van der Waals surface area contributed by atoms with E-state index in [1.54, 1.807) is 23.6 Å². The van der Waals surface area contributed by atoms with Gasteiger partial charge in [0.25, 0.3) is 5.91 Å². The van der Waals surface area contributed by atoms with Gasteiger partial charge in [0.1, 0.15) is 11.9 Å². The maximum absolute atomic E-state index is 14.4. The monoisotopic (exact) mass is 494 g/mol. The van der Waals surface area contributed by atoms with E-state index < -0.39 is 23.7 Å². The Labute approximate surface area is 197 Å². The zero-order valence-corrected chi connectivity index (χ0v) is 19.2. The molecule has 0 bridgehead atoms. The number of hydrogen-bond acceptors (Lipinski definition) is 5. The van der Waals surface area contributed by atoms with Crippen molar-refractivity contribution in [1.29, 1.82) is 0 Å². The van der Waals surface area contributed by atoms with E-state index >= 15 is 0 Å². The minimum absolute atomic E-state index is 0.0930. The average Bonchev–Trinajstić information content (AvgIpc) is 3.17. The predicted molar refractivity (Wildman–Crippen MR) is 124 cm³/mol. The molecule has 3 rings (SSSR count). The summed E-state index contributed by atoms with van der Waals surface area (Å²) in [6.45, 7) is 2.83. The van der Waals surface area contributed by atoms with Gasteiger partial charge >= 0.3 is 0 Å². The minimum atomic E-state index is -0.904. The van der Waals surface area contributed by atoms with Gasteiger partial charge in [-0.2, -0.15) is 0 Å². The SMILES string of the molecule is CC(=O)Nc1ccc(-c2csc(NC(=O)C(C)NC(=O)c3cccc(Cl)c3Cl)n2)c(F)c1. The number of nitrogens with zero attached hydrogens (tertiary/aromatic N) is 1. The molecule has 1 aromatic heterocycles. The highest BCUT2D eigenvalue weighted by Gasteiger charge is 2.20. The Morgan fingerprint density at radius 2 is 1.88 bits per heavy atom. The van der Waals surface area contributed by atoms with Crippen molar-refractivity contribution in [1.82, 2.24) is 10.3 Å². The lowest BCUT2D eigenvalue weighted by atomic mass is 10.1. The molecule has 166 valence electrons. The first-order chi connectivity index (χ1) is 15.2. The Hall–Kier alpha value is -3.01. The second kappa shape index (κ2) is 10.1. The topological polar surface area (TPSA) is 100 Å². The van der Waals surface area contributed by atoms with Crippen molar-refractivity contribution in [2.24, 2.45) is 0 Å². The van der Waals surface area contributed by atoms with Gasteiger partial charge in [-0.25, -0.2) is 9.37 Å². The highest BCUT2D eigenvalue weighted by Crippen LogP contribution is 2.29. The predicted octanol–water partition coefficient (Wildman–Crippen LogP) is 4.97. The van der Waals surface area contributed by atoms with Gasteiger partial charge in [0.2, 0.25) is 11.8 Å². The molecule has 0 aliphatic carbocycles. The van der Waals surface area contributed by atoms with Crippen LogP contribution >= 0.6 is 34.5 Å². The van der Waals surface area contributed by atoms with E-state index in [0.717, 1.165) is 11.3 Å². The number of rotatable bonds is 6. The van der Waals surface area contributed by atoms with E-state index in [4.69, 9.17) is 23.2 Å². The van der Waals surface area contributed by atoms with E-state index in [1.807, 2.05) is 0 Å².